The van der Waals surface area contributed by atoms with E-state index in [4.69, 9.17) is 0 Å². The smallest absolute Gasteiger partial charge is 0.0340 e. The highest BCUT2D eigenvalue weighted by Gasteiger charge is 1.88. The van der Waals surface area contributed by atoms with Crippen molar-refractivity contribution in [2.75, 3.05) is 23.9 Å². The van der Waals surface area contributed by atoms with Crippen LogP contribution in [0.4, 0.5) is 5.69 Å². The summed E-state index contributed by atoms with van der Waals surface area (Å²) in [6.07, 6.45) is 3.37. The molecule has 0 amide bonds. The molecule has 0 aliphatic rings. The average molecular weight is 181 g/mol. The first-order chi connectivity index (χ1) is 5.93. The maximum absolute atomic E-state index is 3.37. The Hall–Kier alpha value is -0.630. The van der Waals surface area contributed by atoms with Gasteiger partial charge in [0.25, 0.3) is 0 Å². The molecule has 1 aromatic carbocycles. The molecule has 2 heteroatoms. The van der Waals surface area contributed by atoms with E-state index < -0.39 is 0 Å². The molecule has 0 spiro atoms. The summed E-state index contributed by atoms with van der Waals surface area (Å²) >= 11 is 1.90. The number of hydrogen-bond donors (Lipinski definition) is 1. The highest BCUT2D eigenvalue weighted by molar-refractivity contribution is 7.98. The van der Waals surface area contributed by atoms with Crippen LogP contribution >= 0.6 is 11.8 Å². The fourth-order valence-corrected chi connectivity index (χ4v) is 1.44. The van der Waals surface area contributed by atoms with E-state index in [1.807, 2.05) is 17.8 Å². The molecule has 0 unspecified atom stereocenters. The Balaban J connectivity index is 2.16. The highest BCUT2D eigenvalue weighted by Crippen LogP contribution is 2.05. The first-order valence-corrected chi connectivity index (χ1v) is 5.61. The van der Waals surface area contributed by atoms with Gasteiger partial charge in [-0.25, -0.2) is 0 Å². The van der Waals surface area contributed by atoms with Gasteiger partial charge in [0.2, 0.25) is 0 Å². The van der Waals surface area contributed by atoms with E-state index >= 15 is 0 Å². The van der Waals surface area contributed by atoms with Crippen molar-refractivity contribution >= 4 is 17.4 Å². The number of benzene rings is 1. The van der Waals surface area contributed by atoms with Crippen LogP contribution in [-0.4, -0.2) is 18.6 Å². The molecule has 1 rings (SSSR count). The first-order valence-electron chi connectivity index (χ1n) is 4.21. The highest BCUT2D eigenvalue weighted by atomic mass is 32.2. The molecule has 0 saturated carbocycles. The fourth-order valence-electron chi connectivity index (χ4n) is 1.01. The predicted octanol–water partition coefficient (Wildman–Crippen LogP) is 2.85. The number of para-hydroxylation sites is 1. The maximum atomic E-state index is 3.37. The zero-order valence-electron chi connectivity index (χ0n) is 7.42. The van der Waals surface area contributed by atoms with Crippen LogP contribution in [0.15, 0.2) is 30.3 Å². The summed E-state index contributed by atoms with van der Waals surface area (Å²) in [6, 6.07) is 10.3. The topological polar surface area (TPSA) is 12.0 Å². The molecule has 1 nitrogen and oxygen atoms in total. The third-order valence-corrected chi connectivity index (χ3v) is 2.33. The van der Waals surface area contributed by atoms with E-state index in [9.17, 15) is 0 Å². The van der Waals surface area contributed by atoms with Crippen molar-refractivity contribution in [2.45, 2.75) is 6.42 Å². The minimum absolute atomic E-state index is 1.07. The number of hydrogen-bond acceptors (Lipinski definition) is 2. The molecule has 0 aliphatic carbocycles. The molecular formula is C10H15NS. The van der Waals surface area contributed by atoms with Crippen LogP contribution in [0.2, 0.25) is 0 Å². The van der Waals surface area contributed by atoms with E-state index in [1.165, 1.54) is 17.9 Å². The van der Waals surface area contributed by atoms with Gasteiger partial charge in [0.1, 0.15) is 0 Å². The van der Waals surface area contributed by atoms with Gasteiger partial charge in [-0.15, -0.1) is 0 Å². The van der Waals surface area contributed by atoms with E-state index in [0.29, 0.717) is 0 Å². The average Bonchev–Trinajstić information content (AvgIpc) is 2.14. The minimum atomic E-state index is 1.07. The lowest BCUT2D eigenvalue weighted by Gasteiger charge is -2.04. The summed E-state index contributed by atoms with van der Waals surface area (Å²) in [5, 5.41) is 3.37. The monoisotopic (exact) mass is 181 g/mol. The molecule has 0 saturated heterocycles. The largest absolute Gasteiger partial charge is 0.385 e. The van der Waals surface area contributed by atoms with Crippen molar-refractivity contribution in [3.05, 3.63) is 30.3 Å². The lowest BCUT2D eigenvalue weighted by atomic mass is 10.3. The Morgan fingerprint density at radius 1 is 1.25 bits per heavy atom. The van der Waals surface area contributed by atoms with Crippen LogP contribution in [0.25, 0.3) is 0 Å². The van der Waals surface area contributed by atoms with E-state index in [-0.39, 0.29) is 0 Å². The van der Waals surface area contributed by atoms with Gasteiger partial charge in [-0.2, -0.15) is 11.8 Å². The summed E-state index contributed by atoms with van der Waals surface area (Å²) in [5.74, 6) is 1.24. The zero-order chi connectivity index (χ0) is 8.65. The molecule has 0 aromatic heterocycles. The third kappa shape index (κ3) is 3.67. The molecule has 1 N–H and O–H groups in total. The van der Waals surface area contributed by atoms with E-state index in [2.05, 4.69) is 35.8 Å². The first kappa shape index (κ1) is 9.46. The van der Waals surface area contributed by atoms with Crippen LogP contribution in [-0.2, 0) is 0 Å². The van der Waals surface area contributed by atoms with Crippen molar-refractivity contribution in [3.63, 3.8) is 0 Å². The van der Waals surface area contributed by atoms with Crippen molar-refractivity contribution in [2.24, 2.45) is 0 Å². The van der Waals surface area contributed by atoms with Crippen LogP contribution in [0.1, 0.15) is 6.42 Å². The number of nitrogens with one attached hydrogen (secondary N) is 1. The van der Waals surface area contributed by atoms with Gasteiger partial charge in [0, 0.05) is 12.2 Å². The molecule has 0 fully saturated rings. The van der Waals surface area contributed by atoms with Gasteiger partial charge in [-0.1, -0.05) is 18.2 Å². The lowest BCUT2D eigenvalue weighted by Crippen LogP contribution is -2.01. The third-order valence-electron chi connectivity index (χ3n) is 1.63. The molecule has 0 bridgehead atoms. The summed E-state index contributed by atoms with van der Waals surface area (Å²) in [5.41, 5.74) is 1.22. The Morgan fingerprint density at radius 2 is 2.00 bits per heavy atom. The van der Waals surface area contributed by atoms with Gasteiger partial charge >= 0.3 is 0 Å². The summed E-state index contributed by atoms with van der Waals surface area (Å²) in [7, 11) is 0. The summed E-state index contributed by atoms with van der Waals surface area (Å²) in [4.78, 5) is 0. The molecule has 1 aromatic rings. The molecule has 0 heterocycles. The number of thioether (sulfide) groups is 1. The fraction of sp³-hybridized carbons (Fsp3) is 0.400. The predicted molar refractivity (Wildman–Crippen MR) is 57.9 cm³/mol. The molecular weight excluding hydrogens is 166 g/mol. The number of rotatable bonds is 5. The molecule has 12 heavy (non-hydrogen) atoms. The van der Waals surface area contributed by atoms with Crippen molar-refractivity contribution in [3.8, 4) is 0 Å². The maximum Gasteiger partial charge on any atom is 0.0340 e. The van der Waals surface area contributed by atoms with Crippen molar-refractivity contribution in [1.29, 1.82) is 0 Å². The molecule has 0 aliphatic heterocycles. The normalized spacial score (nSPS) is 9.75. The second-order valence-electron chi connectivity index (χ2n) is 2.64. The van der Waals surface area contributed by atoms with Crippen molar-refractivity contribution in [1.82, 2.24) is 0 Å². The summed E-state index contributed by atoms with van der Waals surface area (Å²) < 4.78 is 0. The van der Waals surface area contributed by atoms with Gasteiger partial charge in [-0.05, 0) is 30.6 Å². The van der Waals surface area contributed by atoms with Crippen LogP contribution in [0.5, 0.6) is 0 Å². The quantitative estimate of drug-likeness (QED) is 0.701. The van der Waals surface area contributed by atoms with Crippen LogP contribution in [0.3, 0.4) is 0 Å². The SMILES string of the molecule is CSCCCNc1ccccc1. The van der Waals surface area contributed by atoms with Gasteiger partial charge in [0.05, 0.1) is 0 Å². The summed E-state index contributed by atoms with van der Waals surface area (Å²) in [6.45, 7) is 1.07. The second kappa shape index (κ2) is 5.95. The van der Waals surface area contributed by atoms with E-state index in [0.717, 1.165) is 6.54 Å². The van der Waals surface area contributed by atoms with Crippen molar-refractivity contribution < 1.29 is 0 Å². The Kier molecular flexibility index (Phi) is 4.69. The zero-order valence-corrected chi connectivity index (χ0v) is 8.23. The lowest BCUT2D eigenvalue weighted by molar-refractivity contribution is 0.993. The van der Waals surface area contributed by atoms with Crippen LogP contribution < -0.4 is 5.32 Å². The Bertz CT molecular complexity index is 198. The van der Waals surface area contributed by atoms with Gasteiger partial charge in [0.15, 0.2) is 0 Å². The molecule has 0 atom stereocenters. The molecule has 0 radical (unpaired) electrons. The number of anilines is 1. The molecule has 66 valence electrons. The Morgan fingerprint density at radius 3 is 2.67 bits per heavy atom. The standard InChI is InChI=1S/C10H15NS/c1-12-9-5-8-11-10-6-3-2-4-7-10/h2-4,6-7,11H,5,8-9H2,1H3. The second-order valence-corrected chi connectivity index (χ2v) is 3.62. The van der Waals surface area contributed by atoms with Gasteiger partial charge in [-0.3, -0.25) is 0 Å². The van der Waals surface area contributed by atoms with Gasteiger partial charge < -0.3 is 5.32 Å². The Labute approximate surface area is 78.6 Å². The van der Waals surface area contributed by atoms with E-state index in [1.54, 1.807) is 0 Å². The van der Waals surface area contributed by atoms with Crippen LogP contribution in [0, 0.1) is 0 Å². The minimum Gasteiger partial charge on any atom is -0.385 e.